The molecule has 7 nitrogen and oxygen atoms in total. The minimum absolute atomic E-state index is 0.179. The minimum Gasteiger partial charge on any atom is -0.438 e. The topological polar surface area (TPSA) is 81.9 Å². The molecule has 144 valence electrons. The molecule has 1 amide bonds. The molecule has 8 heteroatoms. The van der Waals surface area contributed by atoms with E-state index in [9.17, 15) is 4.79 Å². The van der Waals surface area contributed by atoms with Crippen LogP contribution in [0.25, 0.3) is 5.82 Å². The lowest BCUT2D eigenvalue weighted by atomic mass is 10.2. The molecule has 2 aromatic heterocycles. The smallest absolute Gasteiger partial charge is 0.255 e. The van der Waals surface area contributed by atoms with E-state index < -0.39 is 0 Å². The lowest BCUT2D eigenvalue weighted by molar-refractivity contribution is 0.102. The van der Waals surface area contributed by atoms with Crippen molar-refractivity contribution in [3.8, 4) is 17.4 Å². The maximum atomic E-state index is 12.3. The van der Waals surface area contributed by atoms with Crippen molar-refractivity contribution < 1.29 is 9.53 Å². The highest BCUT2D eigenvalue weighted by Gasteiger charge is 2.07. The van der Waals surface area contributed by atoms with Gasteiger partial charge in [-0.1, -0.05) is 15.9 Å². The van der Waals surface area contributed by atoms with Crippen LogP contribution in [-0.2, 0) is 0 Å². The summed E-state index contributed by atoms with van der Waals surface area (Å²) in [5.41, 5.74) is 2.15. The summed E-state index contributed by atoms with van der Waals surface area (Å²) in [4.78, 5) is 12.3. The SMILES string of the molecule is Cc1ccn(-c2ccc(Oc3ccc(NC(=O)c4ccc(Br)cc4)cc3)nn2)n1. The van der Waals surface area contributed by atoms with Gasteiger partial charge in [0.25, 0.3) is 5.91 Å². The number of amides is 1. The van der Waals surface area contributed by atoms with Crippen LogP contribution in [0.5, 0.6) is 11.6 Å². The predicted molar refractivity (Wildman–Crippen MR) is 113 cm³/mol. The molecule has 4 aromatic rings. The van der Waals surface area contributed by atoms with Crippen LogP contribution < -0.4 is 10.1 Å². The molecule has 0 atom stereocenters. The number of nitrogens with one attached hydrogen (secondary N) is 1. The van der Waals surface area contributed by atoms with Gasteiger partial charge in [-0.05, 0) is 67.6 Å². The number of aromatic nitrogens is 4. The van der Waals surface area contributed by atoms with Gasteiger partial charge >= 0.3 is 0 Å². The van der Waals surface area contributed by atoms with Crippen molar-refractivity contribution in [2.45, 2.75) is 6.92 Å². The van der Waals surface area contributed by atoms with Crippen LogP contribution in [0.2, 0.25) is 0 Å². The van der Waals surface area contributed by atoms with E-state index >= 15 is 0 Å². The molecule has 0 bridgehead atoms. The molecule has 29 heavy (non-hydrogen) atoms. The molecule has 0 radical (unpaired) electrons. The number of aryl methyl sites for hydroxylation is 1. The fourth-order valence-corrected chi connectivity index (χ4v) is 2.83. The quantitative estimate of drug-likeness (QED) is 0.474. The van der Waals surface area contributed by atoms with Gasteiger partial charge in [0.15, 0.2) is 5.82 Å². The number of carbonyl (C=O) groups is 1. The van der Waals surface area contributed by atoms with E-state index in [1.165, 1.54) is 0 Å². The number of rotatable bonds is 5. The fourth-order valence-electron chi connectivity index (χ4n) is 2.56. The molecule has 0 aliphatic carbocycles. The van der Waals surface area contributed by atoms with Gasteiger partial charge in [0.05, 0.1) is 5.69 Å². The third-order valence-electron chi connectivity index (χ3n) is 4.02. The van der Waals surface area contributed by atoms with Crippen molar-refractivity contribution in [2.24, 2.45) is 0 Å². The molecule has 2 heterocycles. The number of hydrogen-bond donors (Lipinski definition) is 1. The van der Waals surface area contributed by atoms with Crippen molar-refractivity contribution in [1.29, 1.82) is 0 Å². The Kier molecular flexibility index (Phi) is 5.35. The number of anilines is 1. The lowest BCUT2D eigenvalue weighted by Crippen LogP contribution is -2.11. The molecule has 0 saturated heterocycles. The third kappa shape index (κ3) is 4.67. The Hall–Kier alpha value is -3.52. The van der Waals surface area contributed by atoms with E-state index in [1.54, 1.807) is 53.2 Å². The number of ether oxygens (including phenoxy) is 1. The zero-order valence-electron chi connectivity index (χ0n) is 15.4. The standard InChI is InChI=1S/C21H16BrN5O2/c1-14-12-13-27(26-14)19-10-11-20(25-24-19)29-18-8-6-17(7-9-18)23-21(28)15-2-4-16(22)5-3-15/h2-13H,1H3,(H,23,28). The summed E-state index contributed by atoms with van der Waals surface area (Å²) < 4.78 is 8.28. The molecule has 0 fully saturated rings. The molecule has 0 unspecified atom stereocenters. The second-order valence-electron chi connectivity index (χ2n) is 6.22. The average molecular weight is 450 g/mol. The van der Waals surface area contributed by atoms with Crippen molar-refractivity contribution in [1.82, 2.24) is 20.0 Å². The van der Waals surface area contributed by atoms with Crippen LogP contribution in [0.3, 0.4) is 0 Å². The highest BCUT2D eigenvalue weighted by Crippen LogP contribution is 2.22. The van der Waals surface area contributed by atoms with E-state index in [2.05, 4.69) is 36.5 Å². The van der Waals surface area contributed by atoms with Crippen molar-refractivity contribution in [3.63, 3.8) is 0 Å². The number of carbonyl (C=O) groups excluding carboxylic acids is 1. The van der Waals surface area contributed by atoms with Gasteiger partial charge in [0.2, 0.25) is 5.88 Å². The molecule has 0 saturated carbocycles. The Bertz CT molecular complexity index is 1120. The minimum atomic E-state index is -0.179. The van der Waals surface area contributed by atoms with Crippen molar-refractivity contribution >= 4 is 27.5 Å². The van der Waals surface area contributed by atoms with Crippen LogP contribution in [0.1, 0.15) is 16.1 Å². The van der Waals surface area contributed by atoms with Crippen LogP contribution >= 0.6 is 15.9 Å². The summed E-state index contributed by atoms with van der Waals surface area (Å²) in [6.45, 7) is 1.91. The van der Waals surface area contributed by atoms with Crippen LogP contribution in [-0.4, -0.2) is 25.9 Å². The zero-order chi connectivity index (χ0) is 20.2. The van der Waals surface area contributed by atoms with Gasteiger partial charge in [0, 0.05) is 28.0 Å². The molecule has 0 aliphatic rings. The highest BCUT2D eigenvalue weighted by molar-refractivity contribution is 9.10. The van der Waals surface area contributed by atoms with Crippen molar-refractivity contribution in [2.75, 3.05) is 5.32 Å². The highest BCUT2D eigenvalue weighted by atomic mass is 79.9. The number of benzene rings is 2. The van der Waals surface area contributed by atoms with Crippen LogP contribution in [0.15, 0.2) is 77.4 Å². The fraction of sp³-hybridized carbons (Fsp3) is 0.0476. The van der Waals surface area contributed by atoms with Gasteiger partial charge in [-0.25, -0.2) is 4.68 Å². The summed E-state index contributed by atoms with van der Waals surface area (Å²) in [6.07, 6.45) is 1.82. The number of nitrogens with zero attached hydrogens (tertiary/aromatic N) is 4. The monoisotopic (exact) mass is 449 g/mol. The summed E-state index contributed by atoms with van der Waals surface area (Å²) >= 11 is 3.35. The van der Waals surface area contributed by atoms with Gasteiger partial charge < -0.3 is 10.1 Å². The molecular weight excluding hydrogens is 434 g/mol. The first-order valence-corrected chi connectivity index (χ1v) is 9.57. The Morgan fingerprint density at radius 2 is 1.72 bits per heavy atom. The maximum absolute atomic E-state index is 12.3. The first-order chi connectivity index (χ1) is 14.1. The Labute approximate surface area is 175 Å². The molecule has 0 spiro atoms. The molecule has 0 aliphatic heterocycles. The zero-order valence-corrected chi connectivity index (χ0v) is 17.0. The van der Waals surface area contributed by atoms with E-state index in [0.29, 0.717) is 28.7 Å². The Morgan fingerprint density at radius 3 is 2.34 bits per heavy atom. The summed E-state index contributed by atoms with van der Waals surface area (Å²) in [5.74, 6) is 1.38. The lowest BCUT2D eigenvalue weighted by Gasteiger charge is -2.08. The normalized spacial score (nSPS) is 10.6. The second-order valence-corrected chi connectivity index (χ2v) is 7.13. The predicted octanol–water partition coefficient (Wildman–Crippen LogP) is 4.78. The van der Waals surface area contributed by atoms with E-state index in [-0.39, 0.29) is 5.91 Å². The second kappa shape index (κ2) is 8.24. The van der Waals surface area contributed by atoms with E-state index in [1.807, 2.05) is 31.3 Å². The summed E-state index contributed by atoms with van der Waals surface area (Å²) in [6, 6.07) is 19.6. The van der Waals surface area contributed by atoms with Gasteiger partial charge in [-0.2, -0.15) is 5.10 Å². The Morgan fingerprint density at radius 1 is 0.966 bits per heavy atom. The average Bonchev–Trinajstić information content (AvgIpc) is 3.17. The van der Waals surface area contributed by atoms with E-state index in [4.69, 9.17) is 4.74 Å². The van der Waals surface area contributed by atoms with Crippen molar-refractivity contribution in [3.05, 3.63) is 88.7 Å². The van der Waals surface area contributed by atoms with E-state index in [0.717, 1.165) is 10.2 Å². The largest absolute Gasteiger partial charge is 0.438 e. The van der Waals surface area contributed by atoms with Crippen LogP contribution in [0, 0.1) is 6.92 Å². The first kappa shape index (κ1) is 18.8. The molecule has 4 rings (SSSR count). The van der Waals surface area contributed by atoms with Gasteiger partial charge in [0.1, 0.15) is 5.75 Å². The Balaban J connectivity index is 1.39. The van der Waals surface area contributed by atoms with Gasteiger partial charge in [-0.3, -0.25) is 4.79 Å². The third-order valence-corrected chi connectivity index (χ3v) is 4.55. The van der Waals surface area contributed by atoms with Gasteiger partial charge in [-0.15, -0.1) is 10.2 Å². The maximum Gasteiger partial charge on any atom is 0.255 e. The first-order valence-electron chi connectivity index (χ1n) is 8.78. The number of hydrogen-bond acceptors (Lipinski definition) is 5. The molecule has 1 N–H and O–H groups in total. The summed E-state index contributed by atoms with van der Waals surface area (Å²) in [7, 11) is 0. The van der Waals surface area contributed by atoms with Crippen LogP contribution in [0.4, 0.5) is 5.69 Å². The molecular formula is C21H16BrN5O2. The number of halogens is 1. The summed E-state index contributed by atoms with van der Waals surface area (Å²) in [5, 5.41) is 15.3. The molecule has 2 aromatic carbocycles.